The molecule has 0 heterocycles. The predicted octanol–water partition coefficient (Wildman–Crippen LogP) is 3.08. The van der Waals surface area contributed by atoms with Crippen molar-refractivity contribution >= 4 is 5.96 Å². The summed E-state index contributed by atoms with van der Waals surface area (Å²) in [5, 5.41) is 6.50. The molecule has 0 aromatic heterocycles. The van der Waals surface area contributed by atoms with E-state index in [0.29, 0.717) is 36.5 Å². The van der Waals surface area contributed by atoms with E-state index in [1.165, 1.54) is 18.9 Å². The molecule has 1 aromatic rings. The van der Waals surface area contributed by atoms with Gasteiger partial charge in [-0.15, -0.1) is 0 Å². The second-order valence-corrected chi connectivity index (χ2v) is 7.17. The summed E-state index contributed by atoms with van der Waals surface area (Å²) in [6.45, 7) is 0.707. The molecule has 0 spiro atoms. The normalized spacial score (nSPS) is 15.6. The van der Waals surface area contributed by atoms with Crippen LogP contribution in [-0.2, 0) is 6.54 Å². The molecule has 2 rings (SSSR count). The lowest BCUT2D eigenvalue weighted by Gasteiger charge is -2.25. The third-order valence-electron chi connectivity index (χ3n) is 4.71. The first kappa shape index (κ1) is 22.2. The maximum Gasteiger partial charge on any atom is 0.387 e. The molecule has 0 amide bonds. The van der Waals surface area contributed by atoms with Crippen LogP contribution in [0.4, 0.5) is 8.78 Å². The van der Waals surface area contributed by atoms with E-state index in [0.717, 1.165) is 18.9 Å². The van der Waals surface area contributed by atoms with Crippen LogP contribution in [0, 0.1) is 5.92 Å². The van der Waals surface area contributed by atoms with Gasteiger partial charge >= 0.3 is 6.61 Å². The molecule has 0 bridgehead atoms. The van der Waals surface area contributed by atoms with Gasteiger partial charge in [-0.3, -0.25) is 4.99 Å². The van der Waals surface area contributed by atoms with Crippen LogP contribution in [0.3, 0.4) is 0 Å². The average molecular weight is 398 g/mol. The lowest BCUT2D eigenvalue weighted by Crippen LogP contribution is -2.45. The van der Waals surface area contributed by atoms with Crippen molar-refractivity contribution in [3.05, 3.63) is 23.8 Å². The summed E-state index contributed by atoms with van der Waals surface area (Å²) in [5.74, 6) is 1.97. The Kier molecular flexibility index (Phi) is 8.76. The van der Waals surface area contributed by atoms with Gasteiger partial charge < -0.3 is 25.0 Å². The minimum absolute atomic E-state index is 0.107. The molecule has 1 aliphatic carbocycles. The number of nitrogens with zero attached hydrogens (tertiary/aromatic N) is 2. The average Bonchev–Trinajstić information content (AvgIpc) is 3.48. The molecule has 1 unspecified atom stereocenters. The second-order valence-electron chi connectivity index (χ2n) is 7.17. The molecule has 0 saturated heterocycles. The fourth-order valence-electron chi connectivity index (χ4n) is 3.05. The fourth-order valence-corrected chi connectivity index (χ4v) is 3.05. The van der Waals surface area contributed by atoms with Gasteiger partial charge in [0.05, 0.1) is 6.61 Å². The number of halogens is 2. The zero-order valence-corrected chi connectivity index (χ0v) is 17.2. The van der Waals surface area contributed by atoms with Crippen molar-refractivity contribution in [1.29, 1.82) is 0 Å². The predicted molar refractivity (Wildman–Crippen MR) is 107 cm³/mol. The minimum atomic E-state index is -2.89. The third-order valence-corrected chi connectivity index (χ3v) is 4.71. The number of alkyl halides is 2. The molecule has 158 valence electrons. The van der Waals surface area contributed by atoms with Crippen molar-refractivity contribution in [2.24, 2.45) is 10.9 Å². The first-order chi connectivity index (χ1) is 13.4. The molecule has 8 heteroatoms. The van der Waals surface area contributed by atoms with Crippen LogP contribution in [-0.4, -0.2) is 57.8 Å². The lowest BCUT2D eigenvalue weighted by molar-refractivity contribution is -0.0505. The summed E-state index contributed by atoms with van der Waals surface area (Å²) in [6.07, 6.45) is 3.36. The number of aliphatic imine (C=N–C) groups is 1. The number of benzene rings is 1. The number of guanidine groups is 1. The summed E-state index contributed by atoms with van der Waals surface area (Å²) in [6, 6.07) is 5.45. The highest BCUT2D eigenvalue weighted by Crippen LogP contribution is 2.34. The van der Waals surface area contributed by atoms with E-state index in [1.807, 2.05) is 6.92 Å². The molecule has 28 heavy (non-hydrogen) atoms. The molecule has 1 aromatic carbocycles. The highest BCUT2D eigenvalue weighted by molar-refractivity contribution is 5.79. The quantitative estimate of drug-likeness (QED) is 0.443. The molecular formula is C20H32F2N4O2. The SMILES string of the molecule is CCCOc1ccc(CNC(=NC)NCC(C2CC2)N(C)C)c(OC(F)F)c1. The summed E-state index contributed by atoms with van der Waals surface area (Å²) in [5.41, 5.74) is 0.610. The van der Waals surface area contributed by atoms with Gasteiger partial charge in [0.2, 0.25) is 0 Å². The molecule has 1 aliphatic rings. The minimum Gasteiger partial charge on any atom is -0.493 e. The molecule has 1 atom stereocenters. The lowest BCUT2D eigenvalue weighted by atomic mass is 10.1. The third kappa shape index (κ3) is 7.14. The topological polar surface area (TPSA) is 58.1 Å². The summed E-state index contributed by atoms with van der Waals surface area (Å²) in [4.78, 5) is 6.45. The van der Waals surface area contributed by atoms with E-state index < -0.39 is 6.61 Å². The van der Waals surface area contributed by atoms with Crippen molar-refractivity contribution in [2.75, 3.05) is 34.3 Å². The molecule has 6 nitrogen and oxygen atoms in total. The second kappa shape index (κ2) is 11.0. The van der Waals surface area contributed by atoms with Gasteiger partial charge in [-0.05, 0) is 51.4 Å². The van der Waals surface area contributed by atoms with E-state index in [1.54, 1.807) is 19.2 Å². The van der Waals surface area contributed by atoms with Crippen molar-refractivity contribution in [1.82, 2.24) is 15.5 Å². The van der Waals surface area contributed by atoms with Crippen LogP contribution in [0.25, 0.3) is 0 Å². The maximum absolute atomic E-state index is 12.8. The van der Waals surface area contributed by atoms with Gasteiger partial charge in [-0.25, -0.2) is 0 Å². The number of hydrogen-bond donors (Lipinski definition) is 2. The van der Waals surface area contributed by atoms with Crippen LogP contribution < -0.4 is 20.1 Å². The first-order valence-corrected chi connectivity index (χ1v) is 9.76. The summed E-state index contributed by atoms with van der Waals surface area (Å²) >= 11 is 0. The van der Waals surface area contributed by atoms with E-state index in [-0.39, 0.29) is 5.75 Å². The smallest absolute Gasteiger partial charge is 0.387 e. The van der Waals surface area contributed by atoms with Crippen molar-refractivity contribution in [3.63, 3.8) is 0 Å². The number of ether oxygens (including phenoxy) is 2. The largest absolute Gasteiger partial charge is 0.493 e. The standard InChI is InChI=1S/C20H32F2N4O2/c1-5-10-27-16-9-8-15(18(11-16)28-19(21)22)12-24-20(23-2)25-13-17(26(3)4)14-6-7-14/h8-9,11,14,17,19H,5-7,10,12-13H2,1-4H3,(H2,23,24,25). The van der Waals surface area contributed by atoms with Gasteiger partial charge in [-0.1, -0.05) is 6.92 Å². The van der Waals surface area contributed by atoms with E-state index in [4.69, 9.17) is 4.74 Å². The molecule has 0 radical (unpaired) electrons. The van der Waals surface area contributed by atoms with Gasteiger partial charge in [0.25, 0.3) is 0 Å². The molecular weight excluding hydrogens is 366 g/mol. The Morgan fingerprint density at radius 2 is 2.04 bits per heavy atom. The zero-order chi connectivity index (χ0) is 20.5. The Morgan fingerprint density at radius 3 is 2.61 bits per heavy atom. The first-order valence-electron chi connectivity index (χ1n) is 9.76. The number of hydrogen-bond acceptors (Lipinski definition) is 4. The number of likely N-dealkylation sites (N-methyl/N-ethyl adjacent to an activating group) is 1. The van der Waals surface area contributed by atoms with Crippen LogP contribution in [0.15, 0.2) is 23.2 Å². The molecule has 1 fully saturated rings. The molecule has 2 N–H and O–H groups in total. The molecule has 1 saturated carbocycles. The Morgan fingerprint density at radius 1 is 1.29 bits per heavy atom. The number of nitrogens with one attached hydrogen (secondary N) is 2. The van der Waals surface area contributed by atoms with Crippen molar-refractivity contribution in [2.45, 2.75) is 45.4 Å². The highest BCUT2D eigenvalue weighted by atomic mass is 19.3. The Bertz CT molecular complexity index is 635. The van der Waals surface area contributed by atoms with Crippen LogP contribution in [0.2, 0.25) is 0 Å². The maximum atomic E-state index is 12.8. The Hall–Kier alpha value is -2.09. The summed E-state index contributed by atoms with van der Waals surface area (Å²) in [7, 11) is 5.85. The zero-order valence-electron chi connectivity index (χ0n) is 17.2. The summed E-state index contributed by atoms with van der Waals surface area (Å²) < 4.78 is 35.8. The van der Waals surface area contributed by atoms with Crippen molar-refractivity contribution < 1.29 is 18.3 Å². The molecule has 0 aliphatic heterocycles. The van der Waals surface area contributed by atoms with Crippen LogP contribution >= 0.6 is 0 Å². The highest BCUT2D eigenvalue weighted by Gasteiger charge is 2.32. The van der Waals surface area contributed by atoms with Gasteiger partial charge in [0, 0.05) is 37.8 Å². The van der Waals surface area contributed by atoms with E-state index in [2.05, 4.69) is 39.4 Å². The van der Waals surface area contributed by atoms with Gasteiger partial charge in [0.15, 0.2) is 5.96 Å². The fraction of sp³-hybridized carbons (Fsp3) is 0.650. The number of rotatable bonds is 11. The van der Waals surface area contributed by atoms with Gasteiger partial charge in [-0.2, -0.15) is 8.78 Å². The Balaban J connectivity index is 1.96. The van der Waals surface area contributed by atoms with Gasteiger partial charge in [0.1, 0.15) is 11.5 Å². The monoisotopic (exact) mass is 398 g/mol. The Labute approximate surface area is 166 Å². The van der Waals surface area contributed by atoms with E-state index >= 15 is 0 Å². The van der Waals surface area contributed by atoms with Crippen LogP contribution in [0.1, 0.15) is 31.7 Å². The van der Waals surface area contributed by atoms with Crippen molar-refractivity contribution in [3.8, 4) is 11.5 Å². The van der Waals surface area contributed by atoms with Crippen LogP contribution in [0.5, 0.6) is 11.5 Å². The van der Waals surface area contributed by atoms with E-state index in [9.17, 15) is 8.78 Å².